The number of carbonyl (C=O) groups excluding carboxylic acids is 1. The van der Waals surface area contributed by atoms with E-state index in [9.17, 15) is 4.79 Å². The second-order valence-corrected chi connectivity index (χ2v) is 3.74. The third-order valence-corrected chi connectivity index (χ3v) is 2.36. The first-order chi connectivity index (χ1) is 5.72. The molecule has 1 rings (SSSR count). The zero-order valence-corrected chi connectivity index (χ0v) is 8.01. The molecular formula is C10H18O2. The van der Waals surface area contributed by atoms with Crippen LogP contribution in [0.5, 0.6) is 0 Å². The molecule has 0 N–H and O–H groups in total. The van der Waals surface area contributed by atoms with Crippen molar-refractivity contribution in [2.24, 2.45) is 5.92 Å². The highest BCUT2D eigenvalue weighted by Crippen LogP contribution is 2.24. The van der Waals surface area contributed by atoms with Crippen molar-refractivity contribution in [2.45, 2.75) is 52.1 Å². The third-order valence-electron chi connectivity index (χ3n) is 2.36. The van der Waals surface area contributed by atoms with E-state index in [1.807, 2.05) is 0 Å². The first-order valence-electron chi connectivity index (χ1n) is 4.91. The highest BCUT2D eigenvalue weighted by atomic mass is 16.5. The maximum atomic E-state index is 11.1. The minimum absolute atomic E-state index is 0.00204. The van der Waals surface area contributed by atoms with Gasteiger partial charge in [-0.2, -0.15) is 0 Å². The number of hydrogen-bond acceptors (Lipinski definition) is 2. The van der Waals surface area contributed by atoms with Gasteiger partial charge in [0.05, 0.1) is 0 Å². The lowest BCUT2D eigenvalue weighted by atomic mass is 10.0. The highest BCUT2D eigenvalue weighted by Gasteiger charge is 2.25. The topological polar surface area (TPSA) is 26.3 Å². The Morgan fingerprint density at radius 1 is 1.58 bits per heavy atom. The van der Waals surface area contributed by atoms with E-state index >= 15 is 0 Å². The summed E-state index contributed by atoms with van der Waals surface area (Å²) in [6.07, 6.45) is 5.16. The van der Waals surface area contributed by atoms with Crippen molar-refractivity contribution >= 4 is 5.97 Å². The molecule has 0 aliphatic heterocycles. The summed E-state index contributed by atoms with van der Waals surface area (Å²) in [7, 11) is 0. The number of hydrogen-bond donors (Lipinski definition) is 0. The summed E-state index contributed by atoms with van der Waals surface area (Å²) >= 11 is 0. The SMILES string of the molecule is CCC(C)CCC(=O)OC1CC1. The number of carbonyl (C=O) groups is 1. The van der Waals surface area contributed by atoms with E-state index in [1.54, 1.807) is 0 Å². The van der Waals surface area contributed by atoms with Gasteiger partial charge in [-0.15, -0.1) is 0 Å². The average molecular weight is 170 g/mol. The van der Waals surface area contributed by atoms with Crippen LogP contribution in [0.2, 0.25) is 0 Å². The number of ether oxygens (including phenoxy) is 1. The van der Waals surface area contributed by atoms with Crippen LogP contribution in [-0.4, -0.2) is 12.1 Å². The summed E-state index contributed by atoms with van der Waals surface area (Å²) in [5.41, 5.74) is 0. The molecule has 0 aromatic rings. The first-order valence-corrected chi connectivity index (χ1v) is 4.91. The Bertz CT molecular complexity index is 150. The molecule has 70 valence electrons. The fourth-order valence-electron chi connectivity index (χ4n) is 0.999. The van der Waals surface area contributed by atoms with Gasteiger partial charge in [0.1, 0.15) is 6.10 Å². The van der Waals surface area contributed by atoms with Crippen molar-refractivity contribution in [1.29, 1.82) is 0 Å². The van der Waals surface area contributed by atoms with Gasteiger partial charge in [-0.1, -0.05) is 20.3 Å². The van der Waals surface area contributed by atoms with E-state index in [4.69, 9.17) is 4.74 Å². The van der Waals surface area contributed by atoms with Crippen molar-refractivity contribution in [3.05, 3.63) is 0 Å². The van der Waals surface area contributed by atoms with Crippen LogP contribution in [0.1, 0.15) is 46.0 Å². The van der Waals surface area contributed by atoms with Crippen molar-refractivity contribution in [2.75, 3.05) is 0 Å². The minimum Gasteiger partial charge on any atom is -0.462 e. The Labute approximate surface area is 74.3 Å². The average Bonchev–Trinajstić information content (AvgIpc) is 2.84. The normalized spacial score (nSPS) is 18.8. The lowest BCUT2D eigenvalue weighted by molar-refractivity contribution is -0.145. The Morgan fingerprint density at radius 2 is 2.25 bits per heavy atom. The molecule has 1 fully saturated rings. The molecule has 0 radical (unpaired) electrons. The highest BCUT2D eigenvalue weighted by molar-refractivity contribution is 5.69. The Balaban J connectivity index is 2.00. The molecular weight excluding hydrogens is 152 g/mol. The molecule has 0 spiro atoms. The maximum absolute atomic E-state index is 11.1. The molecule has 0 aromatic heterocycles. The van der Waals surface area contributed by atoms with Gasteiger partial charge in [-0.3, -0.25) is 4.79 Å². The van der Waals surface area contributed by atoms with Gasteiger partial charge in [-0.25, -0.2) is 0 Å². The van der Waals surface area contributed by atoms with Crippen LogP contribution in [0.25, 0.3) is 0 Å². The van der Waals surface area contributed by atoms with E-state index in [-0.39, 0.29) is 12.1 Å². The first kappa shape index (κ1) is 9.56. The molecule has 1 saturated carbocycles. The molecule has 1 atom stereocenters. The van der Waals surface area contributed by atoms with Gasteiger partial charge in [-0.05, 0) is 25.2 Å². The standard InChI is InChI=1S/C10H18O2/c1-3-8(2)4-7-10(11)12-9-5-6-9/h8-9H,3-7H2,1-2H3. The Morgan fingerprint density at radius 3 is 2.75 bits per heavy atom. The summed E-state index contributed by atoms with van der Waals surface area (Å²) in [6.45, 7) is 4.32. The van der Waals surface area contributed by atoms with Gasteiger partial charge >= 0.3 is 5.97 Å². The lowest BCUT2D eigenvalue weighted by Crippen LogP contribution is -2.07. The van der Waals surface area contributed by atoms with E-state index in [2.05, 4.69) is 13.8 Å². The second-order valence-electron chi connectivity index (χ2n) is 3.74. The smallest absolute Gasteiger partial charge is 0.306 e. The summed E-state index contributed by atoms with van der Waals surface area (Å²) in [5.74, 6) is 0.648. The molecule has 0 bridgehead atoms. The van der Waals surface area contributed by atoms with Crippen LogP contribution >= 0.6 is 0 Å². The zero-order valence-electron chi connectivity index (χ0n) is 8.01. The molecule has 2 nitrogen and oxygen atoms in total. The van der Waals surface area contributed by atoms with Crippen LogP contribution in [0, 0.1) is 5.92 Å². The van der Waals surface area contributed by atoms with Crippen molar-refractivity contribution < 1.29 is 9.53 Å². The van der Waals surface area contributed by atoms with Crippen LogP contribution in [0.4, 0.5) is 0 Å². The van der Waals surface area contributed by atoms with Crippen LogP contribution in [0.3, 0.4) is 0 Å². The largest absolute Gasteiger partial charge is 0.462 e. The summed E-state index contributed by atoms with van der Waals surface area (Å²) < 4.78 is 5.12. The summed E-state index contributed by atoms with van der Waals surface area (Å²) in [4.78, 5) is 11.1. The minimum atomic E-state index is -0.00204. The van der Waals surface area contributed by atoms with Gasteiger partial charge < -0.3 is 4.74 Å². The number of esters is 1. The monoisotopic (exact) mass is 170 g/mol. The van der Waals surface area contributed by atoms with Gasteiger partial charge in [0.15, 0.2) is 0 Å². The van der Waals surface area contributed by atoms with Crippen LogP contribution in [-0.2, 0) is 9.53 Å². The van der Waals surface area contributed by atoms with Crippen LogP contribution < -0.4 is 0 Å². The van der Waals surface area contributed by atoms with Crippen molar-refractivity contribution in [3.63, 3.8) is 0 Å². The van der Waals surface area contributed by atoms with Gasteiger partial charge in [0.25, 0.3) is 0 Å². The van der Waals surface area contributed by atoms with Crippen LogP contribution in [0.15, 0.2) is 0 Å². The Hall–Kier alpha value is -0.530. The molecule has 0 amide bonds. The molecule has 0 saturated heterocycles. The molecule has 12 heavy (non-hydrogen) atoms. The fraction of sp³-hybridized carbons (Fsp3) is 0.900. The van der Waals surface area contributed by atoms with E-state index < -0.39 is 0 Å². The van der Waals surface area contributed by atoms with E-state index in [0.29, 0.717) is 12.3 Å². The molecule has 0 aromatic carbocycles. The summed E-state index contributed by atoms with van der Waals surface area (Å²) in [6, 6.07) is 0. The molecule has 1 aliphatic carbocycles. The fourth-order valence-corrected chi connectivity index (χ4v) is 0.999. The molecule has 2 heteroatoms. The zero-order chi connectivity index (χ0) is 8.97. The predicted octanol–water partition coefficient (Wildman–Crippen LogP) is 2.52. The Kier molecular flexibility index (Phi) is 3.57. The van der Waals surface area contributed by atoms with E-state index in [1.165, 1.54) is 0 Å². The van der Waals surface area contributed by atoms with E-state index in [0.717, 1.165) is 25.7 Å². The lowest BCUT2D eigenvalue weighted by Gasteiger charge is -2.07. The summed E-state index contributed by atoms with van der Waals surface area (Å²) in [5, 5.41) is 0. The number of rotatable bonds is 5. The molecule has 0 heterocycles. The van der Waals surface area contributed by atoms with Crippen molar-refractivity contribution in [1.82, 2.24) is 0 Å². The molecule has 1 aliphatic rings. The van der Waals surface area contributed by atoms with Crippen molar-refractivity contribution in [3.8, 4) is 0 Å². The predicted molar refractivity (Wildman–Crippen MR) is 47.8 cm³/mol. The van der Waals surface area contributed by atoms with Gasteiger partial charge in [0.2, 0.25) is 0 Å². The second kappa shape index (κ2) is 4.48. The maximum Gasteiger partial charge on any atom is 0.306 e. The molecule has 1 unspecified atom stereocenters. The quantitative estimate of drug-likeness (QED) is 0.593. The third kappa shape index (κ3) is 3.74. The van der Waals surface area contributed by atoms with Gasteiger partial charge in [0, 0.05) is 6.42 Å².